The van der Waals surface area contributed by atoms with Gasteiger partial charge in [-0.1, -0.05) is 6.42 Å². The molecule has 0 radical (unpaired) electrons. The maximum atomic E-state index is 4.49. The summed E-state index contributed by atoms with van der Waals surface area (Å²) in [5.41, 5.74) is 2.28. The average molecular weight is 373 g/mol. The third kappa shape index (κ3) is 5.30. The molecule has 2 aromatic rings. The van der Waals surface area contributed by atoms with Gasteiger partial charge in [0.15, 0.2) is 5.96 Å². The standard InChI is InChI=1S/C19H32N8/c1-15-14-16(2)27(25-15)13-7-10-21-19(20-3)22-11-9-18-24-23-17-8-5-4-6-12-26(17)18/h14H,4-13H2,1-3H3,(H2,20,21,22). The van der Waals surface area contributed by atoms with Crippen LogP contribution in [0.4, 0.5) is 0 Å². The van der Waals surface area contributed by atoms with Gasteiger partial charge < -0.3 is 15.2 Å². The van der Waals surface area contributed by atoms with Crippen LogP contribution in [0.25, 0.3) is 0 Å². The molecule has 0 atom stereocenters. The Morgan fingerprint density at radius 1 is 1.15 bits per heavy atom. The number of guanidine groups is 1. The molecule has 0 saturated carbocycles. The molecule has 0 fully saturated rings. The highest BCUT2D eigenvalue weighted by Gasteiger charge is 2.14. The Labute approximate surface area is 161 Å². The molecule has 8 heteroatoms. The number of aryl methyl sites for hydroxylation is 4. The highest BCUT2D eigenvalue weighted by molar-refractivity contribution is 5.79. The maximum absolute atomic E-state index is 4.49. The van der Waals surface area contributed by atoms with Gasteiger partial charge in [-0.25, -0.2) is 0 Å². The van der Waals surface area contributed by atoms with E-state index in [1.807, 2.05) is 6.92 Å². The first kappa shape index (κ1) is 19.4. The molecule has 0 amide bonds. The van der Waals surface area contributed by atoms with Crippen LogP contribution in [0.3, 0.4) is 0 Å². The number of aromatic nitrogens is 5. The molecule has 27 heavy (non-hydrogen) atoms. The van der Waals surface area contributed by atoms with Crippen molar-refractivity contribution in [1.29, 1.82) is 0 Å². The van der Waals surface area contributed by atoms with E-state index in [4.69, 9.17) is 0 Å². The van der Waals surface area contributed by atoms with Crippen LogP contribution in [0.1, 0.15) is 48.7 Å². The first-order valence-electron chi connectivity index (χ1n) is 10.0. The van der Waals surface area contributed by atoms with Gasteiger partial charge in [0.25, 0.3) is 0 Å². The summed E-state index contributed by atoms with van der Waals surface area (Å²) in [6, 6.07) is 2.11. The highest BCUT2D eigenvalue weighted by atomic mass is 15.3. The van der Waals surface area contributed by atoms with Crippen molar-refractivity contribution in [3.8, 4) is 0 Å². The molecular formula is C19H32N8. The summed E-state index contributed by atoms with van der Waals surface area (Å²) in [5.74, 6) is 3.06. The molecule has 3 rings (SSSR count). The molecule has 1 aliphatic rings. The largest absolute Gasteiger partial charge is 0.356 e. The van der Waals surface area contributed by atoms with E-state index in [9.17, 15) is 0 Å². The number of aliphatic imine (C=N–C) groups is 1. The van der Waals surface area contributed by atoms with Gasteiger partial charge in [-0.2, -0.15) is 5.10 Å². The minimum atomic E-state index is 0.801. The lowest BCUT2D eigenvalue weighted by molar-refractivity contribution is 0.554. The van der Waals surface area contributed by atoms with Gasteiger partial charge in [-0.3, -0.25) is 9.67 Å². The Hall–Kier alpha value is -2.38. The van der Waals surface area contributed by atoms with Gasteiger partial charge in [0, 0.05) is 51.8 Å². The second-order valence-corrected chi connectivity index (χ2v) is 7.17. The number of nitrogens with zero attached hydrogens (tertiary/aromatic N) is 6. The van der Waals surface area contributed by atoms with Crippen molar-refractivity contribution in [2.24, 2.45) is 4.99 Å². The van der Waals surface area contributed by atoms with E-state index in [0.29, 0.717) is 0 Å². The molecule has 0 spiro atoms. The van der Waals surface area contributed by atoms with Gasteiger partial charge in [-0.15, -0.1) is 10.2 Å². The first-order valence-corrected chi connectivity index (χ1v) is 10.0. The molecule has 2 aromatic heterocycles. The fraction of sp³-hybridized carbons (Fsp3) is 0.684. The van der Waals surface area contributed by atoms with E-state index in [1.54, 1.807) is 7.05 Å². The van der Waals surface area contributed by atoms with Crippen molar-refractivity contribution in [3.05, 3.63) is 29.1 Å². The van der Waals surface area contributed by atoms with E-state index in [1.165, 1.54) is 25.0 Å². The summed E-state index contributed by atoms with van der Waals surface area (Å²) in [7, 11) is 1.81. The fourth-order valence-corrected chi connectivity index (χ4v) is 3.58. The molecule has 0 bridgehead atoms. The average Bonchev–Trinajstić information content (AvgIpc) is 3.09. The third-order valence-corrected chi connectivity index (χ3v) is 4.99. The number of fused-ring (bicyclic) bond motifs is 1. The number of nitrogens with one attached hydrogen (secondary N) is 2. The molecule has 3 heterocycles. The van der Waals surface area contributed by atoms with E-state index < -0.39 is 0 Å². The maximum Gasteiger partial charge on any atom is 0.190 e. The topological polar surface area (TPSA) is 84.9 Å². The summed E-state index contributed by atoms with van der Waals surface area (Å²) >= 11 is 0. The molecular weight excluding hydrogens is 340 g/mol. The molecule has 0 unspecified atom stereocenters. The SMILES string of the molecule is CN=C(NCCCn1nc(C)cc1C)NCCc1nnc2n1CCCCC2. The Balaban J connectivity index is 1.38. The predicted octanol–water partition coefficient (Wildman–Crippen LogP) is 1.62. The van der Waals surface area contributed by atoms with Gasteiger partial charge >= 0.3 is 0 Å². The monoisotopic (exact) mass is 372 g/mol. The zero-order chi connectivity index (χ0) is 19.1. The lowest BCUT2D eigenvalue weighted by Gasteiger charge is -2.12. The first-order chi connectivity index (χ1) is 13.2. The van der Waals surface area contributed by atoms with Crippen LogP contribution in [0.2, 0.25) is 0 Å². The summed E-state index contributed by atoms with van der Waals surface area (Å²) in [6.07, 6.45) is 6.66. The third-order valence-electron chi connectivity index (χ3n) is 4.99. The van der Waals surface area contributed by atoms with E-state index in [-0.39, 0.29) is 0 Å². The van der Waals surface area contributed by atoms with Gasteiger partial charge in [0.2, 0.25) is 0 Å². The van der Waals surface area contributed by atoms with E-state index >= 15 is 0 Å². The van der Waals surface area contributed by atoms with Gasteiger partial charge in [0.1, 0.15) is 11.6 Å². The van der Waals surface area contributed by atoms with Crippen LogP contribution in [0, 0.1) is 13.8 Å². The van der Waals surface area contributed by atoms with Crippen molar-refractivity contribution in [2.75, 3.05) is 20.1 Å². The molecule has 1 aliphatic heterocycles. The predicted molar refractivity (Wildman–Crippen MR) is 107 cm³/mol. The van der Waals surface area contributed by atoms with Crippen LogP contribution in [-0.2, 0) is 25.9 Å². The van der Waals surface area contributed by atoms with Crippen molar-refractivity contribution < 1.29 is 0 Å². The smallest absolute Gasteiger partial charge is 0.190 e. The summed E-state index contributed by atoms with van der Waals surface area (Å²) in [4.78, 5) is 4.30. The van der Waals surface area contributed by atoms with Crippen molar-refractivity contribution in [1.82, 2.24) is 35.2 Å². The van der Waals surface area contributed by atoms with E-state index in [2.05, 4.69) is 53.2 Å². The van der Waals surface area contributed by atoms with Gasteiger partial charge in [0.05, 0.1) is 5.69 Å². The van der Waals surface area contributed by atoms with Crippen molar-refractivity contribution >= 4 is 5.96 Å². The lowest BCUT2D eigenvalue weighted by atomic mass is 10.2. The second-order valence-electron chi connectivity index (χ2n) is 7.17. The summed E-state index contributed by atoms with van der Waals surface area (Å²) in [5, 5.41) is 20.0. The van der Waals surface area contributed by atoms with Gasteiger partial charge in [-0.05, 0) is 39.2 Å². The molecule has 0 saturated heterocycles. The number of hydrogen-bond acceptors (Lipinski definition) is 4. The quantitative estimate of drug-likeness (QED) is 0.438. The second kappa shape index (κ2) is 9.53. The fourth-order valence-electron chi connectivity index (χ4n) is 3.58. The zero-order valence-corrected chi connectivity index (χ0v) is 16.8. The summed E-state index contributed by atoms with van der Waals surface area (Å²) in [6.45, 7) is 7.75. The molecule has 8 nitrogen and oxygen atoms in total. The molecule has 2 N–H and O–H groups in total. The Morgan fingerprint density at radius 3 is 2.78 bits per heavy atom. The van der Waals surface area contributed by atoms with Crippen molar-refractivity contribution in [3.63, 3.8) is 0 Å². The van der Waals surface area contributed by atoms with Crippen molar-refractivity contribution in [2.45, 2.75) is 65.5 Å². The molecule has 0 aliphatic carbocycles. The van der Waals surface area contributed by atoms with Crippen LogP contribution < -0.4 is 10.6 Å². The minimum Gasteiger partial charge on any atom is -0.356 e. The van der Waals surface area contributed by atoms with Crippen LogP contribution in [0.5, 0.6) is 0 Å². The van der Waals surface area contributed by atoms with Crippen LogP contribution >= 0.6 is 0 Å². The normalized spacial score (nSPS) is 14.7. The Kier molecular flexibility index (Phi) is 6.84. The highest BCUT2D eigenvalue weighted by Crippen LogP contribution is 2.14. The zero-order valence-electron chi connectivity index (χ0n) is 16.8. The molecule has 148 valence electrons. The number of hydrogen-bond donors (Lipinski definition) is 2. The van der Waals surface area contributed by atoms with E-state index in [0.717, 1.165) is 68.7 Å². The summed E-state index contributed by atoms with van der Waals surface area (Å²) < 4.78 is 4.36. The molecule has 0 aromatic carbocycles. The van der Waals surface area contributed by atoms with Crippen LogP contribution in [-0.4, -0.2) is 50.6 Å². The Morgan fingerprint density at radius 2 is 2.00 bits per heavy atom. The number of rotatable bonds is 7. The lowest BCUT2D eigenvalue weighted by Crippen LogP contribution is -2.39. The minimum absolute atomic E-state index is 0.801. The Bertz CT molecular complexity index is 758. The van der Waals surface area contributed by atoms with Crippen LogP contribution in [0.15, 0.2) is 11.1 Å².